The molecule has 3 aromatic rings. The minimum Gasteiger partial charge on any atom is -0.298 e. The first-order chi connectivity index (χ1) is 12.1. The normalized spacial score (nSPS) is 10.8. The van der Waals surface area contributed by atoms with Crippen LogP contribution in [0.4, 0.5) is 0 Å². The second-order valence-corrected chi connectivity index (χ2v) is 7.95. The lowest BCUT2D eigenvalue weighted by Crippen LogP contribution is -2.01. The molecule has 0 spiro atoms. The van der Waals surface area contributed by atoms with Gasteiger partial charge in [0.1, 0.15) is 0 Å². The molecular formula is C18H14BrCl2N3S. The number of hydrogen-bond acceptors (Lipinski definition) is 3. The zero-order chi connectivity index (χ0) is 17.8. The summed E-state index contributed by atoms with van der Waals surface area (Å²) >= 11 is 17.4. The van der Waals surface area contributed by atoms with Crippen LogP contribution in [0.15, 0.2) is 64.7 Å². The van der Waals surface area contributed by atoms with E-state index in [1.807, 2.05) is 28.8 Å². The molecule has 3 nitrogen and oxygen atoms in total. The fraction of sp³-hybridized carbons (Fsp3) is 0.111. The highest BCUT2D eigenvalue weighted by molar-refractivity contribution is 9.10. The summed E-state index contributed by atoms with van der Waals surface area (Å²) in [4.78, 5) is 0. The van der Waals surface area contributed by atoms with Gasteiger partial charge in [0.05, 0.1) is 5.02 Å². The van der Waals surface area contributed by atoms with E-state index in [4.69, 9.17) is 23.2 Å². The van der Waals surface area contributed by atoms with Gasteiger partial charge in [-0.1, -0.05) is 69.1 Å². The van der Waals surface area contributed by atoms with Gasteiger partial charge in [0.2, 0.25) is 0 Å². The summed E-state index contributed by atoms with van der Waals surface area (Å²) in [6.45, 7) is 4.43. The second kappa shape index (κ2) is 8.41. The minimum atomic E-state index is 0.551. The number of aromatic nitrogens is 3. The van der Waals surface area contributed by atoms with Crippen molar-refractivity contribution in [1.82, 2.24) is 14.8 Å². The number of halogens is 3. The fourth-order valence-electron chi connectivity index (χ4n) is 2.29. The SMILES string of the molecule is C=CCn1c(SCc2ccc(Br)cc2)nnc1-c1ccc(Cl)cc1Cl. The second-order valence-electron chi connectivity index (χ2n) is 5.24. The first-order valence-corrected chi connectivity index (χ1v) is 9.98. The predicted molar refractivity (Wildman–Crippen MR) is 109 cm³/mol. The van der Waals surface area contributed by atoms with Crippen LogP contribution < -0.4 is 0 Å². The number of hydrogen-bond donors (Lipinski definition) is 0. The Labute approximate surface area is 169 Å². The standard InChI is InChI=1S/C18H14BrCl2N3S/c1-2-9-24-17(15-8-7-14(20)10-16(15)21)22-23-18(24)25-11-12-3-5-13(19)6-4-12/h2-8,10H,1,9,11H2. The Balaban J connectivity index is 1.88. The van der Waals surface area contributed by atoms with Gasteiger partial charge in [0.15, 0.2) is 11.0 Å². The Morgan fingerprint density at radius 2 is 1.88 bits per heavy atom. The van der Waals surface area contributed by atoms with Crippen LogP contribution in [0.3, 0.4) is 0 Å². The largest absolute Gasteiger partial charge is 0.298 e. The summed E-state index contributed by atoms with van der Waals surface area (Å²) in [6.07, 6.45) is 1.82. The van der Waals surface area contributed by atoms with E-state index in [2.05, 4.69) is 44.8 Å². The summed E-state index contributed by atoms with van der Waals surface area (Å²) < 4.78 is 3.07. The van der Waals surface area contributed by atoms with Crippen molar-refractivity contribution in [2.45, 2.75) is 17.5 Å². The molecule has 3 rings (SSSR count). The summed E-state index contributed by atoms with van der Waals surface area (Å²) in [5.74, 6) is 1.51. The molecule has 0 aliphatic rings. The molecular weight excluding hydrogens is 441 g/mol. The molecule has 0 saturated heterocycles. The van der Waals surface area contributed by atoms with E-state index in [1.54, 1.807) is 23.9 Å². The van der Waals surface area contributed by atoms with Crippen molar-refractivity contribution in [3.05, 3.63) is 75.2 Å². The van der Waals surface area contributed by atoms with Crippen LogP contribution >= 0.6 is 50.9 Å². The van der Waals surface area contributed by atoms with E-state index in [9.17, 15) is 0 Å². The lowest BCUT2D eigenvalue weighted by molar-refractivity contribution is 0.731. The smallest absolute Gasteiger partial charge is 0.192 e. The van der Waals surface area contributed by atoms with Gasteiger partial charge in [-0.15, -0.1) is 16.8 Å². The molecule has 0 fully saturated rings. The molecule has 0 atom stereocenters. The number of benzene rings is 2. The van der Waals surface area contributed by atoms with Crippen molar-refractivity contribution in [2.24, 2.45) is 0 Å². The van der Waals surface area contributed by atoms with E-state index in [0.29, 0.717) is 22.4 Å². The molecule has 0 unspecified atom stereocenters. The molecule has 1 aromatic heterocycles. The average Bonchev–Trinajstić information content (AvgIpc) is 2.97. The highest BCUT2D eigenvalue weighted by Gasteiger charge is 2.16. The fourth-order valence-corrected chi connectivity index (χ4v) is 3.95. The van der Waals surface area contributed by atoms with E-state index >= 15 is 0 Å². The zero-order valence-corrected chi connectivity index (χ0v) is 17.0. The number of allylic oxidation sites excluding steroid dienone is 1. The Bertz CT molecular complexity index is 894. The maximum Gasteiger partial charge on any atom is 0.192 e. The molecule has 0 amide bonds. The van der Waals surface area contributed by atoms with Gasteiger partial charge in [-0.3, -0.25) is 4.57 Å². The van der Waals surface area contributed by atoms with Crippen LogP contribution in [0.5, 0.6) is 0 Å². The maximum absolute atomic E-state index is 6.33. The third kappa shape index (κ3) is 4.47. The maximum atomic E-state index is 6.33. The Hall–Kier alpha value is -1.27. The van der Waals surface area contributed by atoms with Gasteiger partial charge in [-0.05, 0) is 35.9 Å². The molecule has 25 heavy (non-hydrogen) atoms. The first-order valence-electron chi connectivity index (χ1n) is 7.45. The minimum absolute atomic E-state index is 0.551. The average molecular weight is 455 g/mol. The molecule has 0 aliphatic carbocycles. The monoisotopic (exact) mass is 453 g/mol. The molecule has 0 radical (unpaired) electrons. The van der Waals surface area contributed by atoms with Crippen molar-refractivity contribution in [2.75, 3.05) is 0 Å². The first kappa shape index (κ1) is 18.5. The van der Waals surface area contributed by atoms with Crippen LogP contribution in [0, 0.1) is 0 Å². The highest BCUT2D eigenvalue weighted by Crippen LogP contribution is 2.32. The molecule has 7 heteroatoms. The summed E-state index contributed by atoms with van der Waals surface area (Å²) in [7, 11) is 0. The third-order valence-corrected chi connectivity index (χ3v) is 5.60. The van der Waals surface area contributed by atoms with Crippen LogP contribution in [0.1, 0.15) is 5.56 Å². The quantitative estimate of drug-likeness (QED) is 0.315. The van der Waals surface area contributed by atoms with Gasteiger partial charge in [-0.2, -0.15) is 0 Å². The topological polar surface area (TPSA) is 30.7 Å². The summed E-state index contributed by atoms with van der Waals surface area (Å²) in [5, 5.41) is 10.6. The Morgan fingerprint density at radius 1 is 1.12 bits per heavy atom. The van der Waals surface area contributed by atoms with E-state index in [1.165, 1.54) is 5.56 Å². The molecule has 0 bridgehead atoms. The van der Waals surface area contributed by atoms with Gasteiger partial charge in [-0.25, -0.2) is 0 Å². The van der Waals surface area contributed by atoms with Crippen LogP contribution in [0.2, 0.25) is 10.0 Å². The third-order valence-electron chi connectivity index (χ3n) is 3.48. The number of nitrogens with zero attached hydrogens (tertiary/aromatic N) is 3. The van der Waals surface area contributed by atoms with Gasteiger partial charge in [0, 0.05) is 27.4 Å². The van der Waals surface area contributed by atoms with Gasteiger partial charge >= 0.3 is 0 Å². The van der Waals surface area contributed by atoms with Crippen LogP contribution in [0.25, 0.3) is 11.4 Å². The van der Waals surface area contributed by atoms with E-state index in [0.717, 1.165) is 20.9 Å². The molecule has 0 N–H and O–H groups in total. The zero-order valence-electron chi connectivity index (χ0n) is 13.1. The lowest BCUT2D eigenvalue weighted by atomic mass is 10.2. The Kier molecular flexibility index (Phi) is 6.23. The van der Waals surface area contributed by atoms with Crippen molar-refractivity contribution in [1.29, 1.82) is 0 Å². The number of thioether (sulfide) groups is 1. The molecule has 128 valence electrons. The van der Waals surface area contributed by atoms with Gasteiger partial charge in [0.25, 0.3) is 0 Å². The van der Waals surface area contributed by atoms with Crippen molar-refractivity contribution in [3.63, 3.8) is 0 Å². The van der Waals surface area contributed by atoms with Crippen molar-refractivity contribution >= 4 is 50.9 Å². The van der Waals surface area contributed by atoms with Gasteiger partial charge < -0.3 is 0 Å². The Morgan fingerprint density at radius 3 is 2.56 bits per heavy atom. The molecule has 2 aromatic carbocycles. The van der Waals surface area contributed by atoms with Crippen molar-refractivity contribution < 1.29 is 0 Å². The van der Waals surface area contributed by atoms with E-state index in [-0.39, 0.29) is 0 Å². The molecule has 0 aliphatic heterocycles. The van der Waals surface area contributed by atoms with E-state index < -0.39 is 0 Å². The predicted octanol–water partition coefficient (Wildman–Crippen LogP) is 6.49. The molecule has 0 saturated carbocycles. The summed E-state index contributed by atoms with van der Waals surface area (Å²) in [6, 6.07) is 13.6. The summed E-state index contributed by atoms with van der Waals surface area (Å²) in [5.41, 5.74) is 2.02. The number of rotatable bonds is 6. The highest BCUT2D eigenvalue weighted by atomic mass is 79.9. The lowest BCUT2D eigenvalue weighted by Gasteiger charge is -2.09. The van der Waals surface area contributed by atoms with Crippen molar-refractivity contribution in [3.8, 4) is 11.4 Å². The van der Waals surface area contributed by atoms with Crippen LogP contribution in [-0.4, -0.2) is 14.8 Å². The molecule has 1 heterocycles. The van der Waals surface area contributed by atoms with Crippen LogP contribution in [-0.2, 0) is 12.3 Å².